The lowest BCUT2D eigenvalue weighted by atomic mass is 9.97. The Kier molecular flexibility index (Phi) is 6.03. The summed E-state index contributed by atoms with van der Waals surface area (Å²) in [5.41, 5.74) is 0.418. The van der Waals surface area contributed by atoms with Crippen LogP contribution in [0.25, 0.3) is 0 Å². The number of aliphatic hydroxyl groups is 1. The summed E-state index contributed by atoms with van der Waals surface area (Å²) in [6.45, 7) is 6.31. The predicted molar refractivity (Wildman–Crippen MR) is 90.4 cm³/mol. The van der Waals surface area contributed by atoms with E-state index in [0.29, 0.717) is 24.7 Å². The number of halogens is 1. The average Bonchev–Trinajstić information content (AvgIpc) is 2.50. The van der Waals surface area contributed by atoms with Gasteiger partial charge >= 0.3 is 0 Å². The number of rotatable bonds is 6. The van der Waals surface area contributed by atoms with Crippen LogP contribution < -0.4 is 0 Å². The fourth-order valence-electron chi connectivity index (χ4n) is 2.77. The van der Waals surface area contributed by atoms with E-state index in [0.717, 1.165) is 12.1 Å². The molecule has 1 saturated heterocycles. The smallest absolute Gasteiger partial charge is 0.242 e. The van der Waals surface area contributed by atoms with Crippen LogP contribution in [0.5, 0.6) is 0 Å². The van der Waals surface area contributed by atoms with E-state index in [4.69, 9.17) is 16.3 Å². The van der Waals surface area contributed by atoms with Gasteiger partial charge in [0.25, 0.3) is 0 Å². The Morgan fingerprint density at radius 3 is 2.61 bits per heavy atom. The third-order valence-electron chi connectivity index (χ3n) is 4.29. The quantitative estimate of drug-likeness (QED) is 0.857. The van der Waals surface area contributed by atoms with Crippen molar-refractivity contribution >= 4 is 17.5 Å². The van der Waals surface area contributed by atoms with E-state index < -0.39 is 11.6 Å². The van der Waals surface area contributed by atoms with Crippen LogP contribution >= 0.6 is 11.6 Å². The van der Waals surface area contributed by atoms with E-state index >= 15 is 0 Å². The van der Waals surface area contributed by atoms with Crippen LogP contribution in [0.1, 0.15) is 19.4 Å². The van der Waals surface area contributed by atoms with Crippen molar-refractivity contribution in [2.45, 2.75) is 32.1 Å². The van der Waals surface area contributed by atoms with E-state index in [1.165, 1.54) is 0 Å². The number of ether oxygens (including phenoxy) is 1. The van der Waals surface area contributed by atoms with E-state index in [2.05, 4.69) is 0 Å². The molecule has 5 nitrogen and oxygen atoms in total. The molecule has 0 saturated carbocycles. The van der Waals surface area contributed by atoms with Gasteiger partial charge in [-0.3, -0.25) is 9.69 Å². The first-order chi connectivity index (χ1) is 10.8. The van der Waals surface area contributed by atoms with Crippen LogP contribution in [0.4, 0.5) is 0 Å². The van der Waals surface area contributed by atoms with Gasteiger partial charge in [0, 0.05) is 31.7 Å². The van der Waals surface area contributed by atoms with E-state index in [-0.39, 0.29) is 12.5 Å². The number of hydrogen-bond donors (Lipinski definition) is 1. The van der Waals surface area contributed by atoms with Crippen LogP contribution in [0, 0.1) is 0 Å². The standard InChI is InChI=1S/C17H25ClN2O3/c1-17(2)16(22)19(3)8-9-20(17)10-15(21)12-23-11-13-4-6-14(18)7-5-13/h4-7,15,21H,8-12H2,1-3H3. The maximum absolute atomic E-state index is 12.2. The molecule has 128 valence electrons. The third-order valence-corrected chi connectivity index (χ3v) is 4.54. The Morgan fingerprint density at radius 2 is 1.96 bits per heavy atom. The number of carbonyl (C=O) groups excluding carboxylic acids is 1. The van der Waals surface area contributed by atoms with E-state index in [9.17, 15) is 9.90 Å². The van der Waals surface area contributed by atoms with Gasteiger partial charge < -0.3 is 14.7 Å². The summed E-state index contributed by atoms with van der Waals surface area (Å²) in [6.07, 6.45) is -0.627. The first kappa shape index (κ1) is 18.2. The first-order valence-corrected chi connectivity index (χ1v) is 8.19. The molecule has 1 amide bonds. The second kappa shape index (κ2) is 7.62. The highest BCUT2D eigenvalue weighted by Crippen LogP contribution is 2.21. The highest BCUT2D eigenvalue weighted by molar-refractivity contribution is 6.30. The Hall–Kier alpha value is -1.14. The molecule has 0 spiro atoms. The Morgan fingerprint density at radius 1 is 1.30 bits per heavy atom. The van der Waals surface area contributed by atoms with Gasteiger partial charge in [0.2, 0.25) is 5.91 Å². The van der Waals surface area contributed by atoms with Gasteiger partial charge in [-0.2, -0.15) is 0 Å². The molecule has 1 aliphatic rings. The Labute approximate surface area is 142 Å². The minimum absolute atomic E-state index is 0.0815. The minimum Gasteiger partial charge on any atom is -0.389 e. The average molecular weight is 341 g/mol. The first-order valence-electron chi connectivity index (χ1n) is 7.81. The van der Waals surface area contributed by atoms with Crippen molar-refractivity contribution in [3.63, 3.8) is 0 Å². The molecule has 0 aromatic heterocycles. The van der Waals surface area contributed by atoms with Crippen molar-refractivity contribution in [3.05, 3.63) is 34.9 Å². The number of nitrogens with zero attached hydrogens (tertiary/aromatic N) is 2. The monoisotopic (exact) mass is 340 g/mol. The lowest BCUT2D eigenvalue weighted by molar-refractivity contribution is -0.148. The second-order valence-electron chi connectivity index (χ2n) is 6.53. The van der Waals surface area contributed by atoms with Gasteiger partial charge in [0.1, 0.15) is 0 Å². The molecule has 1 aromatic carbocycles. The van der Waals surface area contributed by atoms with Crippen molar-refractivity contribution in [1.82, 2.24) is 9.80 Å². The largest absolute Gasteiger partial charge is 0.389 e. The molecule has 1 N–H and O–H groups in total. The molecular weight excluding hydrogens is 316 g/mol. The number of amides is 1. The zero-order valence-electron chi connectivity index (χ0n) is 14.0. The van der Waals surface area contributed by atoms with Crippen molar-refractivity contribution in [2.75, 3.05) is 33.3 Å². The number of aliphatic hydroxyl groups excluding tert-OH is 1. The highest BCUT2D eigenvalue weighted by Gasteiger charge is 2.40. The van der Waals surface area contributed by atoms with Gasteiger partial charge in [0.05, 0.1) is 24.9 Å². The lowest BCUT2D eigenvalue weighted by Crippen LogP contribution is -2.63. The molecule has 0 aliphatic carbocycles. The van der Waals surface area contributed by atoms with E-state index in [1.807, 2.05) is 50.1 Å². The molecule has 1 aliphatic heterocycles. The molecule has 1 heterocycles. The SMILES string of the molecule is CN1CCN(CC(O)COCc2ccc(Cl)cc2)C(C)(C)C1=O. The maximum atomic E-state index is 12.2. The van der Waals surface area contributed by atoms with Crippen LogP contribution in [-0.2, 0) is 16.1 Å². The summed E-state index contributed by atoms with van der Waals surface area (Å²) in [6, 6.07) is 7.43. The fraction of sp³-hybridized carbons (Fsp3) is 0.588. The van der Waals surface area contributed by atoms with Gasteiger partial charge in [-0.05, 0) is 31.5 Å². The molecule has 1 fully saturated rings. The van der Waals surface area contributed by atoms with Crippen molar-refractivity contribution < 1.29 is 14.6 Å². The summed E-state index contributed by atoms with van der Waals surface area (Å²) in [5, 5.41) is 10.9. The van der Waals surface area contributed by atoms with Crippen LogP contribution in [0.15, 0.2) is 24.3 Å². The molecule has 1 atom stereocenters. The van der Waals surface area contributed by atoms with Crippen molar-refractivity contribution in [2.24, 2.45) is 0 Å². The number of likely N-dealkylation sites (N-methyl/N-ethyl adjacent to an activating group) is 1. The lowest BCUT2D eigenvalue weighted by Gasteiger charge is -2.45. The van der Waals surface area contributed by atoms with Gasteiger partial charge in [-0.1, -0.05) is 23.7 Å². The fourth-order valence-corrected chi connectivity index (χ4v) is 2.90. The summed E-state index contributed by atoms with van der Waals surface area (Å²) in [7, 11) is 1.81. The topological polar surface area (TPSA) is 53.0 Å². The summed E-state index contributed by atoms with van der Waals surface area (Å²) in [4.78, 5) is 16.0. The molecule has 0 bridgehead atoms. The molecule has 0 radical (unpaired) electrons. The number of carbonyl (C=O) groups is 1. The normalized spacial score (nSPS) is 19.9. The van der Waals surface area contributed by atoms with E-state index in [1.54, 1.807) is 4.90 Å². The highest BCUT2D eigenvalue weighted by atomic mass is 35.5. The number of piperazine rings is 1. The predicted octanol–water partition coefficient (Wildman–Crippen LogP) is 1.77. The number of benzene rings is 1. The molecule has 1 aromatic rings. The zero-order chi connectivity index (χ0) is 17.0. The molecular formula is C17H25ClN2O3. The molecule has 2 rings (SSSR count). The summed E-state index contributed by atoms with van der Waals surface area (Å²) >= 11 is 5.84. The molecule has 1 unspecified atom stereocenters. The third kappa shape index (κ3) is 4.67. The van der Waals surface area contributed by atoms with Gasteiger partial charge in [-0.25, -0.2) is 0 Å². The second-order valence-corrected chi connectivity index (χ2v) is 6.96. The van der Waals surface area contributed by atoms with Crippen LogP contribution in [-0.4, -0.2) is 65.7 Å². The minimum atomic E-state index is -0.627. The number of hydrogen-bond acceptors (Lipinski definition) is 4. The van der Waals surface area contributed by atoms with Crippen molar-refractivity contribution in [1.29, 1.82) is 0 Å². The van der Waals surface area contributed by atoms with Gasteiger partial charge in [0.15, 0.2) is 0 Å². The maximum Gasteiger partial charge on any atom is 0.242 e. The molecule has 6 heteroatoms. The van der Waals surface area contributed by atoms with Crippen molar-refractivity contribution in [3.8, 4) is 0 Å². The Bertz CT molecular complexity index is 533. The zero-order valence-corrected chi connectivity index (χ0v) is 14.7. The Balaban J connectivity index is 1.79. The molecule has 23 heavy (non-hydrogen) atoms. The van der Waals surface area contributed by atoms with Gasteiger partial charge in [-0.15, -0.1) is 0 Å². The number of β-amino-alcohol motifs (C(OH)–C–C–N with tert-alkyl or cyclic N) is 1. The summed E-state index contributed by atoms with van der Waals surface area (Å²) < 4.78 is 5.56. The summed E-state index contributed by atoms with van der Waals surface area (Å²) in [5.74, 6) is 0.0815. The van der Waals surface area contributed by atoms with Crippen LogP contribution in [0.2, 0.25) is 5.02 Å². The van der Waals surface area contributed by atoms with Crippen LogP contribution in [0.3, 0.4) is 0 Å².